The molecule has 0 radical (unpaired) electrons. The summed E-state index contributed by atoms with van der Waals surface area (Å²) in [5.41, 5.74) is 0.274. The van der Waals surface area contributed by atoms with Crippen molar-refractivity contribution in [2.24, 2.45) is 11.1 Å². The number of ether oxygens (including phenoxy) is 2. The number of carbonyl (C=O) groups is 1. The smallest absolute Gasteiger partial charge is 0.238 e. The number of sulfonamides is 1. The molecular weight excluding hydrogens is 284 g/mol. The zero-order chi connectivity index (χ0) is 14.8. The van der Waals surface area contributed by atoms with Crippen molar-refractivity contribution in [2.45, 2.75) is 11.3 Å². The summed E-state index contributed by atoms with van der Waals surface area (Å²) in [6, 6.07) is 4.05. The van der Waals surface area contributed by atoms with E-state index in [0.717, 1.165) is 0 Å². The van der Waals surface area contributed by atoms with Gasteiger partial charge in [-0.15, -0.1) is 0 Å². The molecule has 1 aromatic carbocycles. The van der Waals surface area contributed by atoms with Crippen molar-refractivity contribution in [3.8, 4) is 5.75 Å². The molecule has 7 nitrogen and oxygen atoms in total. The number of hydrogen-bond donors (Lipinski definition) is 2. The summed E-state index contributed by atoms with van der Waals surface area (Å²) in [4.78, 5) is 11.9. The van der Waals surface area contributed by atoms with Gasteiger partial charge in [-0.05, 0) is 24.6 Å². The second kappa shape index (κ2) is 5.78. The first-order chi connectivity index (χ1) is 9.41. The quantitative estimate of drug-likeness (QED) is 0.832. The third-order valence-corrected chi connectivity index (χ3v) is 3.97. The molecule has 1 unspecified atom stereocenters. The Hall–Kier alpha value is -1.64. The standard InChI is InChI=1S/C12H16N2O5S/c1-18-11-3-2-9(20(13,16)17)6-10(11)14-12(15)8-4-5-19-7-8/h2-3,6,8H,4-5,7H2,1H3,(H,14,15)(H2,13,16,17). The van der Waals surface area contributed by atoms with Gasteiger partial charge in [0.2, 0.25) is 15.9 Å². The molecule has 0 aromatic heterocycles. The van der Waals surface area contributed by atoms with Gasteiger partial charge in [0.1, 0.15) is 5.75 Å². The van der Waals surface area contributed by atoms with Gasteiger partial charge in [0.15, 0.2) is 0 Å². The van der Waals surface area contributed by atoms with Crippen LogP contribution < -0.4 is 15.2 Å². The normalized spacial score (nSPS) is 18.8. The number of carbonyl (C=O) groups excluding carboxylic acids is 1. The van der Waals surface area contributed by atoms with E-state index in [1.165, 1.54) is 25.3 Å². The first kappa shape index (κ1) is 14.8. The zero-order valence-electron chi connectivity index (χ0n) is 11.0. The number of nitrogens with two attached hydrogens (primary N) is 1. The number of hydrogen-bond acceptors (Lipinski definition) is 5. The summed E-state index contributed by atoms with van der Waals surface area (Å²) >= 11 is 0. The molecule has 1 aliphatic rings. The summed E-state index contributed by atoms with van der Waals surface area (Å²) in [5.74, 6) is -0.102. The molecule has 1 amide bonds. The summed E-state index contributed by atoms with van der Waals surface area (Å²) < 4.78 is 32.9. The van der Waals surface area contributed by atoms with Gasteiger partial charge in [-0.1, -0.05) is 0 Å². The number of benzene rings is 1. The Labute approximate surface area is 117 Å². The van der Waals surface area contributed by atoms with Crippen molar-refractivity contribution in [1.82, 2.24) is 0 Å². The Bertz CT molecular complexity index is 608. The van der Waals surface area contributed by atoms with Crippen LogP contribution in [0.4, 0.5) is 5.69 Å². The lowest BCUT2D eigenvalue weighted by molar-refractivity contribution is -0.119. The second-order valence-corrected chi connectivity index (χ2v) is 6.02. The Kier molecular flexibility index (Phi) is 4.26. The Morgan fingerprint density at radius 1 is 1.50 bits per heavy atom. The number of nitrogens with one attached hydrogen (secondary N) is 1. The minimum atomic E-state index is -3.84. The molecule has 1 heterocycles. The fourth-order valence-electron chi connectivity index (χ4n) is 1.94. The lowest BCUT2D eigenvalue weighted by atomic mass is 10.1. The summed E-state index contributed by atoms with van der Waals surface area (Å²) in [6.45, 7) is 0.912. The molecule has 1 saturated heterocycles. The highest BCUT2D eigenvalue weighted by Crippen LogP contribution is 2.28. The number of anilines is 1. The molecule has 0 spiro atoms. The summed E-state index contributed by atoms with van der Waals surface area (Å²) in [6.07, 6.45) is 0.642. The molecule has 0 bridgehead atoms. The number of amides is 1. The first-order valence-electron chi connectivity index (χ1n) is 6.01. The van der Waals surface area contributed by atoms with Gasteiger partial charge in [0.05, 0.1) is 30.2 Å². The molecule has 1 aliphatic heterocycles. The number of rotatable bonds is 4. The van der Waals surface area contributed by atoms with Gasteiger partial charge >= 0.3 is 0 Å². The van der Waals surface area contributed by atoms with Crippen molar-refractivity contribution < 1.29 is 22.7 Å². The monoisotopic (exact) mass is 300 g/mol. The third kappa shape index (κ3) is 3.27. The van der Waals surface area contributed by atoms with E-state index >= 15 is 0 Å². The second-order valence-electron chi connectivity index (χ2n) is 4.46. The fraction of sp³-hybridized carbons (Fsp3) is 0.417. The average Bonchev–Trinajstić information content (AvgIpc) is 2.91. The highest BCUT2D eigenvalue weighted by Gasteiger charge is 2.24. The van der Waals surface area contributed by atoms with Crippen LogP contribution in [0.1, 0.15) is 6.42 Å². The van der Waals surface area contributed by atoms with Crippen LogP contribution in [0, 0.1) is 5.92 Å². The van der Waals surface area contributed by atoms with E-state index in [0.29, 0.717) is 25.4 Å². The van der Waals surface area contributed by atoms with E-state index in [2.05, 4.69) is 5.32 Å². The molecule has 20 heavy (non-hydrogen) atoms. The highest BCUT2D eigenvalue weighted by atomic mass is 32.2. The predicted molar refractivity (Wildman–Crippen MR) is 71.9 cm³/mol. The maximum atomic E-state index is 12.0. The largest absolute Gasteiger partial charge is 0.495 e. The van der Waals surface area contributed by atoms with Crippen LogP contribution in [-0.4, -0.2) is 34.6 Å². The zero-order valence-corrected chi connectivity index (χ0v) is 11.8. The van der Waals surface area contributed by atoms with Crippen LogP contribution in [0.15, 0.2) is 23.1 Å². The molecule has 1 fully saturated rings. The molecule has 1 aromatic rings. The molecule has 0 saturated carbocycles. The molecule has 0 aliphatic carbocycles. The predicted octanol–water partition coefficient (Wildman–Crippen LogP) is 0.318. The minimum Gasteiger partial charge on any atom is -0.495 e. The average molecular weight is 300 g/mol. The first-order valence-corrected chi connectivity index (χ1v) is 7.56. The van der Waals surface area contributed by atoms with E-state index in [1.54, 1.807) is 0 Å². The van der Waals surface area contributed by atoms with E-state index in [4.69, 9.17) is 14.6 Å². The van der Waals surface area contributed by atoms with Crippen LogP contribution >= 0.6 is 0 Å². The lowest BCUT2D eigenvalue weighted by Gasteiger charge is -2.13. The van der Waals surface area contributed by atoms with Crippen molar-refractivity contribution >= 4 is 21.6 Å². The van der Waals surface area contributed by atoms with Gasteiger partial charge < -0.3 is 14.8 Å². The fourth-order valence-corrected chi connectivity index (χ4v) is 2.48. The SMILES string of the molecule is COc1ccc(S(N)(=O)=O)cc1NC(=O)C1CCOC1. The molecule has 110 valence electrons. The summed E-state index contributed by atoms with van der Waals surface area (Å²) in [5, 5.41) is 7.72. The van der Waals surface area contributed by atoms with Crippen LogP contribution in [0.5, 0.6) is 5.75 Å². The van der Waals surface area contributed by atoms with Crippen LogP contribution in [0.25, 0.3) is 0 Å². The van der Waals surface area contributed by atoms with Crippen LogP contribution in [-0.2, 0) is 19.6 Å². The number of primary sulfonamides is 1. The van der Waals surface area contributed by atoms with Crippen molar-refractivity contribution in [1.29, 1.82) is 0 Å². The van der Waals surface area contributed by atoms with Crippen LogP contribution in [0.2, 0.25) is 0 Å². The number of methoxy groups -OCH3 is 1. The maximum absolute atomic E-state index is 12.0. The lowest BCUT2D eigenvalue weighted by Crippen LogP contribution is -2.23. The molecule has 1 atom stereocenters. The van der Waals surface area contributed by atoms with Gasteiger partial charge in [-0.3, -0.25) is 4.79 Å². The summed E-state index contributed by atoms with van der Waals surface area (Å²) in [7, 11) is -2.41. The van der Waals surface area contributed by atoms with E-state index in [1.807, 2.05) is 0 Å². The Morgan fingerprint density at radius 2 is 2.25 bits per heavy atom. The molecule has 8 heteroatoms. The van der Waals surface area contributed by atoms with Crippen molar-refractivity contribution in [3.63, 3.8) is 0 Å². The molecule has 2 rings (SSSR count). The van der Waals surface area contributed by atoms with Gasteiger partial charge in [-0.25, -0.2) is 13.6 Å². The van der Waals surface area contributed by atoms with Gasteiger partial charge in [-0.2, -0.15) is 0 Å². The maximum Gasteiger partial charge on any atom is 0.238 e. The Morgan fingerprint density at radius 3 is 2.80 bits per heavy atom. The van der Waals surface area contributed by atoms with E-state index in [9.17, 15) is 13.2 Å². The van der Waals surface area contributed by atoms with Gasteiger partial charge in [0, 0.05) is 6.61 Å². The van der Waals surface area contributed by atoms with E-state index in [-0.39, 0.29) is 22.4 Å². The topological polar surface area (TPSA) is 108 Å². The van der Waals surface area contributed by atoms with Gasteiger partial charge in [0.25, 0.3) is 0 Å². The van der Waals surface area contributed by atoms with Crippen LogP contribution in [0.3, 0.4) is 0 Å². The molecular formula is C12H16N2O5S. The van der Waals surface area contributed by atoms with E-state index < -0.39 is 10.0 Å². The Balaban J connectivity index is 2.26. The van der Waals surface area contributed by atoms with Crippen molar-refractivity contribution in [3.05, 3.63) is 18.2 Å². The van der Waals surface area contributed by atoms with Crippen molar-refractivity contribution in [2.75, 3.05) is 25.6 Å². The highest BCUT2D eigenvalue weighted by molar-refractivity contribution is 7.89. The minimum absolute atomic E-state index is 0.0868. The third-order valence-electron chi connectivity index (χ3n) is 3.06. The molecule has 3 N–H and O–H groups in total.